The summed E-state index contributed by atoms with van der Waals surface area (Å²) in [6.45, 7) is 4.25. The molecule has 1 unspecified atom stereocenters. The van der Waals surface area contributed by atoms with Gasteiger partial charge in [0.15, 0.2) is 5.65 Å². The predicted molar refractivity (Wildman–Crippen MR) is 75.5 cm³/mol. The predicted octanol–water partition coefficient (Wildman–Crippen LogP) is 1.26. The van der Waals surface area contributed by atoms with Gasteiger partial charge < -0.3 is 10.4 Å². The van der Waals surface area contributed by atoms with Crippen LogP contribution in [0.4, 0.5) is 10.7 Å². The van der Waals surface area contributed by atoms with E-state index in [2.05, 4.69) is 20.8 Å². The molecule has 0 aliphatic rings. The lowest BCUT2D eigenvalue weighted by atomic mass is 10.1. The number of hydrogen-bond acceptors (Lipinski definition) is 4. The van der Waals surface area contributed by atoms with Crippen molar-refractivity contribution in [2.75, 3.05) is 11.9 Å². The maximum absolute atomic E-state index is 11.7. The number of carbonyl (C=O) groups excluding carboxylic acids is 1. The second-order valence-corrected chi connectivity index (χ2v) is 5.07. The number of hydrogen-bond donors (Lipinski definition) is 3. The average molecular weight is 277 g/mol. The third-order valence-corrected chi connectivity index (χ3v) is 2.78. The molecule has 7 nitrogen and oxygen atoms in total. The van der Waals surface area contributed by atoms with Crippen LogP contribution in [-0.2, 0) is 0 Å². The first-order chi connectivity index (χ1) is 9.56. The summed E-state index contributed by atoms with van der Waals surface area (Å²) in [7, 11) is 0. The van der Waals surface area contributed by atoms with Crippen molar-refractivity contribution in [3.05, 3.63) is 24.4 Å². The first kappa shape index (κ1) is 14.3. The van der Waals surface area contributed by atoms with Crippen molar-refractivity contribution >= 4 is 17.6 Å². The van der Waals surface area contributed by atoms with Gasteiger partial charge in [-0.3, -0.25) is 9.72 Å². The van der Waals surface area contributed by atoms with Crippen LogP contribution in [0.15, 0.2) is 24.4 Å². The quantitative estimate of drug-likeness (QED) is 0.767. The third kappa shape index (κ3) is 3.67. The first-order valence-corrected chi connectivity index (χ1v) is 6.59. The van der Waals surface area contributed by atoms with Crippen molar-refractivity contribution in [3.8, 4) is 0 Å². The van der Waals surface area contributed by atoms with Crippen LogP contribution in [0.25, 0.3) is 5.65 Å². The van der Waals surface area contributed by atoms with Gasteiger partial charge in [-0.15, -0.1) is 10.2 Å². The normalized spacial score (nSPS) is 12.6. The van der Waals surface area contributed by atoms with Crippen molar-refractivity contribution in [1.29, 1.82) is 0 Å². The standard InChI is InChI=1S/C13H19N5O2/c1-9(2)7-10(19)8-14-13(20)15-12-17-16-11-5-3-4-6-18(11)12/h3-6,9-10,19H,7-8H2,1-2H3,(H2,14,15,17,20). The number of aromatic nitrogens is 3. The van der Waals surface area contributed by atoms with Gasteiger partial charge in [-0.05, 0) is 24.5 Å². The van der Waals surface area contributed by atoms with Crippen LogP contribution >= 0.6 is 0 Å². The fourth-order valence-corrected chi connectivity index (χ4v) is 1.91. The molecule has 108 valence electrons. The number of aliphatic hydroxyl groups is 1. The van der Waals surface area contributed by atoms with E-state index in [4.69, 9.17) is 0 Å². The third-order valence-electron chi connectivity index (χ3n) is 2.78. The van der Waals surface area contributed by atoms with Gasteiger partial charge >= 0.3 is 6.03 Å². The zero-order chi connectivity index (χ0) is 14.5. The van der Waals surface area contributed by atoms with E-state index in [9.17, 15) is 9.90 Å². The summed E-state index contributed by atoms with van der Waals surface area (Å²) in [4.78, 5) is 11.7. The molecule has 3 N–H and O–H groups in total. The molecule has 2 heterocycles. The van der Waals surface area contributed by atoms with Gasteiger partial charge in [0.05, 0.1) is 6.10 Å². The zero-order valence-corrected chi connectivity index (χ0v) is 11.6. The number of pyridine rings is 1. The SMILES string of the molecule is CC(C)CC(O)CNC(=O)Nc1nnc2ccccn12. The molecule has 1 atom stereocenters. The first-order valence-electron chi connectivity index (χ1n) is 6.59. The molecule has 0 aliphatic heterocycles. The van der Waals surface area contributed by atoms with Crippen LogP contribution in [0, 0.1) is 5.92 Å². The summed E-state index contributed by atoms with van der Waals surface area (Å²) >= 11 is 0. The van der Waals surface area contributed by atoms with Gasteiger partial charge in [-0.1, -0.05) is 19.9 Å². The van der Waals surface area contributed by atoms with Crippen LogP contribution in [0.3, 0.4) is 0 Å². The zero-order valence-electron chi connectivity index (χ0n) is 11.6. The van der Waals surface area contributed by atoms with Gasteiger partial charge in [-0.2, -0.15) is 0 Å². The Labute approximate surface area is 117 Å². The van der Waals surface area contributed by atoms with Gasteiger partial charge in [0.25, 0.3) is 0 Å². The number of nitrogens with one attached hydrogen (secondary N) is 2. The number of amides is 2. The number of nitrogens with zero attached hydrogens (tertiary/aromatic N) is 3. The highest BCUT2D eigenvalue weighted by Crippen LogP contribution is 2.07. The molecule has 0 spiro atoms. The van der Waals surface area contributed by atoms with Crippen LogP contribution < -0.4 is 10.6 Å². The Morgan fingerprint density at radius 3 is 2.95 bits per heavy atom. The fraction of sp³-hybridized carbons (Fsp3) is 0.462. The maximum atomic E-state index is 11.7. The molecule has 0 aromatic carbocycles. The van der Waals surface area contributed by atoms with E-state index in [0.29, 0.717) is 23.9 Å². The van der Waals surface area contributed by atoms with Crippen molar-refractivity contribution in [1.82, 2.24) is 19.9 Å². The lowest BCUT2D eigenvalue weighted by Gasteiger charge is -2.13. The number of anilines is 1. The Kier molecular flexibility index (Phi) is 4.52. The highest BCUT2D eigenvalue weighted by atomic mass is 16.3. The number of fused-ring (bicyclic) bond motifs is 1. The molecule has 2 aromatic heterocycles. The summed E-state index contributed by atoms with van der Waals surface area (Å²) in [5.74, 6) is 0.728. The van der Waals surface area contributed by atoms with Crippen molar-refractivity contribution in [2.45, 2.75) is 26.4 Å². The molecule has 7 heteroatoms. The molecular weight excluding hydrogens is 258 g/mol. The number of rotatable bonds is 5. The molecule has 0 bridgehead atoms. The Hall–Kier alpha value is -2.15. The maximum Gasteiger partial charge on any atom is 0.321 e. The van der Waals surface area contributed by atoms with E-state index in [0.717, 1.165) is 0 Å². The van der Waals surface area contributed by atoms with E-state index >= 15 is 0 Å². The molecule has 20 heavy (non-hydrogen) atoms. The summed E-state index contributed by atoms with van der Waals surface area (Å²) < 4.78 is 1.67. The van der Waals surface area contributed by atoms with Crippen molar-refractivity contribution < 1.29 is 9.90 Å². The smallest absolute Gasteiger partial charge is 0.321 e. The summed E-state index contributed by atoms with van der Waals surface area (Å²) in [6, 6.07) is 5.05. The lowest BCUT2D eigenvalue weighted by Crippen LogP contribution is -2.36. The number of urea groups is 1. The molecule has 0 aliphatic carbocycles. The largest absolute Gasteiger partial charge is 0.391 e. The van der Waals surface area contributed by atoms with Crippen LogP contribution in [-0.4, -0.2) is 38.4 Å². The molecule has 0 fully saturated rings. The van der Waals surface area contributed by atoms with Crippen molar-refractivity contribution in [3.63, 3.8) is 0 Å². The minimum absolute atomic E-state index is 0.209. The molecule has 2 rings (SSSR count). The summed E-state index contributed by atoms with van der Waals surface area (Å²) in [5.41, 5.74) is 0.655. The summed E-state index contributed by atoms with van der Waals surface area (Å²) in [5, 5.41) is 22.7. The second-order valence-electron chi connectivity index (χ2n) is 5.07. The minimum atomic E-state index is -0.545. The van der Waals surface area contributed by atoms with E-state index in [1.54, 1.807) is 16.7 Å². The molecule has 2 aromatic rings. The summed E-state index contributed by atoms with van der Waals surface area (Å²) in [6.07, 6.45) is 1.86. The minimum Gasteiger partial charge on any atom is -0.391 e. The fourth-order valence-electron chi connectivity index (χ4n) is 1.91. The molecular formula is C13H19N5O2. The highest BCUT2D eigenvalue weighted by molar-refractivity contribution is 5.87. The van der Waals surface area contributed by atoms with Crippen LogP contribution in [0.5, 0.6) is 0 Å². The molecule has 0 radical (unpaired) electrons. The topological polar surface area (TPSA) is 91.5 Å². The van der Waals surface area contributed by atoms with Crippen LogP contribution in [0.1, 0.15) is 20.3 Å². The molecule has 0 saturated carbocycles. The van der Waals surface area contributed by atoms with E-state index in [1.807, 2.05) is 26.0 Å². The monoisotopic (exact) mass is 277 g/mol. The van der Waals surface area contributed by atoms with Gasteiger partial charge in [-0.25, -0.2) is 4.79 Å². The average Bonchev–Trinajstić information content (AvgIpc) is 2.79. The van der Waals surface area contributed by atoms with Gasteiger partial charge in [0.1, 0.15) is 0 Å². The second kappa shape index (κ2) is 6.33. The Bertz CT molecular complexity index is 581. The number of carbonyl (C=O) groups is 1. The van der Waals surface area contributed by atoms with Crippen LogP contribution in [0.2, 0.25) is 0 Å². The Balaban J connectivity index is 1.88. The molecule has 2 amide bonds. The lowest BCUT2D eigenvalue weighted by molar-refractivity contribution is 0.148. The van der Waals surface area contributed by atoms with E-state index in [-0.39, 0.29) is 6.54 Å². The Morgan fingerprint density at radius 1 is 1.40 bits per heavy atom. The number of aliphatic hydroxyl groups excluding tert-OH is 1. The highest BCUT2D eigenvalue weighted by Gasteiger charge is 2.11. The Morgan fingerprint density at radius 2 is 2.20 bits per heavy atom. The van der Waals surface area contributed by atoms with Crippen molar-refractivity contribution in [2.24, 2.45) is 5.92 Å². The van der Waals surface area contributed by atoms with Gasteiger partial charge in [0, 0.05) is 12.7 Å². The molecule has 0 saturated heterocycles. The van der Waals surface area contributed by atoms with E-state index < -0.39 is 12.1 Å². The van der Waals surface area contributed by atoms with E-state index in [1.165, 1.54) is 0 Å². The van der Waals surface area contributed by atoms with Gasteiger partial charge in [0.2, 0.25) is 5.95 Å².